The molecule has 0 aliphatic rings. The van der Waals surface area contributed by atoms with Crippen LogP contribution in [0.15, 0.2) is 18.2 Å². The van der Waals surface area contributed by atoms with Gasteiger partial charge in [-0.2, -0.15) is 0 Å². The highest BCUT2D eigenvalue weighted by molar-refractivity contribution is 5.97. The van der Waals surface area contributed by atoms with Crippen LogP contribution in [0.4, 0.5) is 0 Å². The minimum atomic E-state index is -0.178. The summed E-state index contributed by atoms with van der Waals surface area (Å²) in [5.41, 5.74) is 0.282. The molecule has 0 atom stereocenters. The average molecular weight is 223 g/mol. The molecule has 1 rings (SSSR count). The van der Waals surface area contributed by atoms with Crippen LogP contribution in [-0.4, -0.2) is 29.0 Å². The lowest BCUT2D eigenvalue weighted by atomic mass is 10.1. The van der Waals surface area contributed by atoms with Crippen LogP contribution in [0, 0.1) is 0 Å². The summed E-state index contributed by atoms with van der Waals surface area (Å²) < 4.78 is 0. The molecule has 0 amide bonds. The molecule has 0 aliphatic heterocycles. The number of carbonyl (C=O) groups is 1. The second-order valence-electron chi connectivity index (χ2n) is 3.44. The third-order valence-corrected chi connectivity index (χ3v) is 2.29. The zero-order valence-corrected chi connectivity index (χ0v) is 9.86. The van der Waals surface area contributed by atoms with E-state index in [-0.39, 0.29) is 17.1 Å². The molecule has 1 N–H and O–H groups in total. The van der Waals surface area contributed by atoms with Gasteiger partial charge in [-0.05, 0) is 39.0 Å². The molecule has 0 spiro atoms. The van der Waals surface area contributed by atoms with Gasteiger partial charge >= 0.3 is 0 Å². The normalized spacial score (nSPS) is 10.5. The third kappa shape index (κ3) is 2.97. The summed E-state index contributed by atoms with van der Waals surface area (Å²) in [5, 5.41) is 11.2. The number of carbonyl (C=O) groups excluding carboxylic acids is 1. The van der Waals surface area contributed by atoms with Crippen molar-refractivity contribution < 1.29 is 14.7 Å². The van der Waals surface area contributed by atoms with Gasteiger partial charge < -0.3 is 9.94 Å². The second-order valence-corrected chi connectivity index (χ2v) is 3.44. The molecule has 0 heterocycles. The predicted octanol–water partition coefficient (Wildman–Crippen LogP) is 2.23. The molecule has 0 saturated carbocycles. The van der Waals surface area contributed by atoms with E-state index >= 15 is 0 Å². The van der Waals surface area contributed by atoms with Crippen LogP contribution >= 0.6 is 0 Å². The maximum Gasteiger partial charge on any atom is 0.163 e. The number of phenols is 1. The highest BCUT2D eigenvalue weighted by Gasteiger charge is 2.09. The number of rotatable bonds is 5. The van der Waals surface area contributed by atoms with Gasteiger partial charge in [-0.25, -0.2) is 0 Å². The van der Waals surface area contributed by atoms with Crippen molar-refractivity contribution in [3.05, 3.63) is 23.8 Å². The quantitative estimate of drug-likeness (QED) is 0.614. The summed E-state index contributed by atoms with van der Waals surface area (Å²) in [4.78, 5) is 16.7. The Morgan fingerprint density at radius 3 is 2.50 bits per heavy atom. The largest absolute Gasteiger partial charge is 0.507 e. The number of aromatic hydroxyl groups is 1. The monoisotopic (exact) mass is 223 g/mol. The number of hydrogen-bond acceptors (Lipinski definition) is 4. The van der Waals surface area contributed by atoms with Crippen molar-refractivity contribution >= 4 is 5.78 Å². The van der Waals surface area contributed by atoms with Crippen molar-refractivity contribution in [3.8, 4) is 11.5 Å². The maximum absolute atomic E-state index is 11.2. The van der Waals surface area contributed by atoms with E-state index in [1.807, 2.05) is 13.8 Å². The molecule has 16 heavy (non-hydrogen) atoms. The van der Waals surface area contributed by atoms with Crippen molar-refractivity contribution in [1.29, 1.82) is 0 Å². The molecule has 0 fully saturated rings. The first kappa shape index (κ1) is 12.5. The van der Waals surface area contributed by atoms with E-state index in [9.17, 15) is 9.90 Å². The molecular formula is C12H17NO3. The molecule has 0 unspecified atom stereocenters. The Balaban J connectivity index is 2.90. The first-order valence-corrected chi connectivity index (χ1v) is 5.35. The first-order valence-electron chi connectivity index (χ1n) is 5.35. The number of ketones is 1. The molecule has 1 aromatic rings. The van der Waals surface area contributed by atoms with E-state index in [1.165, 1.54) is 13.0 Å². The van der Waals surface area contributed by atoms with Crippen LogP contribution in [0.2, 0.25) is 0 Å². The van der Waals surface area contributed by atoms with Gasteiger partial charge in [0.25, 0.3) is 0 Å². The lowest BCUT2D eigenvalue weighted by molar-refractivity contribution is -0.0487. The Morgan fingerprint density at radius 1 is 1.38 bits per heavy atom. The van der Waals surface area contributed by atoms with Crippen molar-refractivity contribution in [1.82, 2.24) is 5.06 Å². The van der Waals surface area contributed by atoms with Crippen LogP contribution in [0.25, 0.3) is 0 Å². The minimum absolute atomic E-state index is 0.0144. The molecule has 4 nitrogen and oxygen atoms in total. The lowest BCUT2D eigenvalue weighted by Gasteiger charge is -2.19. The number of hydroxylamine groups is 2. The first-order chi connectivity index (χ1) is 7.58. The van der Waals surface area contributed by atoms with Gasteiger partial charge in [0, 0.05) is 13.1 Å². The van der Waals surface area contributed by atoms with E-state index in [1.54, 1.807) is 17.2 Å². The lowest BCUT2D eigenvalue weighted by Crippen LogP contribution is -2.26. The Bertz CT molecular complexity index is 373. The Kier molecular flexibility index (Phi) is 4.31. The van der Waals surface area contributed by atoms with Crippen molar-refractivity contribution in [3.63, 3.8) is 0 Å². The SMILES string of the molecule is CCN(CC)Oc1ccc(O)c(C(C)=O)c1. The summed E-state index contributed by atoms with van der Waals surface area (Å²) in [5.74, 6) is 0.369. The summed E-state index contributed by atoms with van der Waals surface area (Å²) in [6.07, 6.45) is 0. The molecule has 88 valence electrons. The maximum atomic E-state index is 11.2. The van der Waals surface area contributed by atoms with Crippen LogP contribution in [0.3, 0.4) is 0 Å². The number of benzene rings is 1. The van der Waals surface area contributed by atoms with E-state index in [0.29, 0.717) is 5.75 Å². The fourth-order valence-corrected chi connectivity index (χ4v) is 1.36. The van der Waals surface area contributed by atoms with Crippen LogP contribution in [0.5, 0.6) is 11.5 Å². The molecule has 0 aliphatic carbocycles. The van der Waals surface area contributed by atoms with E-state index in [0.717, 1.165) is 13.1 Å². The van der Waals surface area contributed by atoms with Gasteiger partial charge in [0.15, 0.2) is 5.78 Å². The molecule has 0 saturated heterocycles. The van der Waals surface area contributed by atoms with Crippen molar-refractivity contribution in [2.45, 2.75) is 20.8 Å². The fourth-order valence-electron chi connectivity index (χ4n) is 1.36. The van der Waals surface area contributed by atoms with Gasteiger partial charge in [0.1, 0.15) is 11.5 Å². The number of hydrogen-bond donors (Lipinski definition) is 1. The highest BCUT2D eigenvalue weighted by Crippen LogP contribution is 2.23. The number of Topliss-reactive ketones (excluding diaryl/α,β-unsaturated/α-hetero) is 1. The Morgan fingerprint density at radius 2 is 2.00 bits per heavy atom. The van der Waals surface area contributed by atoms with Crippen molar-refractivity contribution in [2.75, 3.05) is 13.1 Å². The van der Waals surface area contributed by atoms with Crippen molar-refractivity contribution in [2.24, 2.45) is 0 Å². The summed E-state index contributed by atoms with van der Waals surface area (Å²) >= 11 is 0. The average Bonchev–Trinajstić information content (AvgIpc) is 2.27. The Labute approximate surface area is 95.4 Å². The summed E-state index contributed by atoms with van der Waals surface area (Å²) in [7, 11) is 0. The summed E-state index contributed by atoms with van der Waals surface area (Å²) in [6.45, 7) is 6.89. The molecule has 0 bridgehead atoms. The van der Waals surface area contributed by atoms with Gasteiger partial charge in [-0.3, -0.25) is 4.79 Å². The van der Waals surface area contributed by atoms with E-state index in [2.05, 4.69) is 0 Å². The highest BCUT2D eigenvalue weighted by atomic mass is 16.7. The third-order valence-electron chi connectivity index (χ3n) is 2.29. The Hall–Kier alpha value is -1.55. The summed E-state index contributed by atoms with van der Waals surface area (Å²) in [6, 6.07) is 4.66. The van der Waals surface area contributed by atoms with Gasteiger partial charge in [0.2, 0.25) is 0 Å². The van der Waals surface area contributed by atoms with E-state index < -0.39 is 0 Å². The zero-order valence-electron chi connectivity index (χ0n) is 9.86. The van der Waals surface area contributed by atoms with Gasteiger partial charge in [-0.15, -0.1) is 5.06 Å². The standard InChI is InChI=1S/C12H17NO3/c1-4-13(5-2)16-10-6-7-12(15)11(8-10)9(3)14/h6-8,15H,4-5H2,1-3H3. The van der Waals surface area contributed by atoms with Crippen LogP contribution < -0.4 is 4.84 Å². The second kappa shape index (κ2) is 5.51. The number of nitrogens with zero attached hydrogens (tertiary/aromatic N) is 1. The van der Waals surface area contributed by atoms with E-state index in [4.69, 9.17) is 4.84 Å². The zero-order chi connectivity index (χ0) is 12.1. The molecule has 4 heteroatoms. The molecule has 1 aromatic carbocycles. The predicted molar refractivity (Wildman–Crippen MR) is 61.7 cm³/mol. The van der Waals surface area contributed by atoms with Gasteiger partial charge in [-0.1, -0.05) is 0 Å². The molecule has 0 radical (unpaired) electrons. The van der Waals surface area contributed by atoms with Crippen LogP contribution in [-0.2, 0) is 0 Å². The minimum Gasteiger partial charge on any atom is -0.507 e. The topological polar surface area (TPSA) is 49.8 Å². The smallest absolute Gasteiger partial charge is 0.163 e. The molecule has 0 aromatic heterocycles. The fraction of sp³-hybridized carbons (Fsp3) is 0.417. The van der Waals surface area contributed by atoms with Gasteiger partial charge in [0.05, 0.1) is 5.56 Å². The molecular weight excluding hydrogens is 206 g/mol. The number of phenolic OH excluding ortho intramolecular Hbond substituents is 1. The van der Waals surface area contributed by atoms with Crippen LogP contribution in [0.1, 0.15) is 31.1 Å².